The van der Waals surface area contributed by atoms with E-state index in [9.17, 15) is 9.59 Å². The highest BCUT2D eigenvalue weighted by molar-refractivity contribution is 6.31. The first-order chi connectivity index (χ1) is 9.42. The first-order valence-electron chi connectivity index (χ1n) is 6.68. The smallest absolute Gasteiger partial charge is 0.174 e. The topological polar surface area (TPSA) is 49.9 Å². The number of allylic oxidation sites excluding steroid dienone is 4. The Morgan fingerprint density at radius 3 is 2.80 bits per heavy atom. The van der Waals surface area contributed by atoms with Gasteiger partial charge in [0.25, 0.3) is 0 Å². The molecule has 1 heterocycles. The van der Waals surface area contributed by atoms with Crippen LogP contribution in [0, 0.1) is 5.41 Å². The van der Waals surface area contributed by atoms with Crippen LogP contribution in [0.25, 0.3) is 0 Å². The minimum Gasteiger partial charge on any atom is -0.364 e. The van der Waals surface area contributed by atoms with E-state index in [0.29, 0.717) is 29.9 Å². The quantitative estimate of drug-likeness (QED) is 0.839. The third-order valence-electron chi connectivity index (χ3n) is 3.65. The molecule has 1 aliphatic carbocycles. The van der Waals surface area contributed by atoms with E-state index in [2.05, 4.69) is 4.98 Å². The molecular weight excluding hydrogens is 274 g/mol. The lowest BCUT2D eigenvalue weighted by atomic mass is 9.77. The van der Waals surface area contributed by atoms with E-state index in [1.165, 1.54) is 0 Å². The maximum Gasteiger partial charge on any atom is 0.174 e. The lowest BCUT2D eigenvalue weighted by Gasteiger charge is -2.25. The highest BCUT2D eigenvalue weighted by Gasteiger charge is 2.33. The molecule has 1 atom stereocenters. The van der Waals surface area contributed by atoms with Gasteiger partial charge in [0.05, 0.1) is 5.41 Å². The third-order valence-corrected chi connectivity index (χ3v) is 3.93. The molecule has 4 heteroatoms. The summed E-state index contributed by atoms with van der Waals surface area (Å²) >= 11 is 5.91. The summed E-state index contributed by atoms with van der Waals surface area (Å²) in [6.07, 6.45) is 8.85. The minimum absolute atomic E-state index is 0.0639. The van der Waals surface area contributed by atoms with Crippen LogP contribution in [0.5, 0.6) is 0 Å². The molecule has 1 aromatic heterocycles. The van der Waals surface area contributed by atoms with Crippen LogP contribution in [0.3, 0.4) is 0 Å². The van der Waals surface area contributed by atoms with Crippen molar-refractivity contribution in [1.82, 2.24) is 4.98 Å². The van der Waals surface area contributed by atoms with E-state index >= 15 is 0 Å². The molecule has 106 valence electrons. The standard InChI is InChI=1S/C16H18ClNO2/c1-11(19)3-4-14-13(7-10-18-14)15(20)16(2)8-5-12(17)6-9-16/h5-8,10,18H,3-4,9H2,1-2H3. The number of aromatic nitrogens is 1. The molecule has 0 aromatic carbocycles. The SMILES string of the molecule is CC(=O)CCc1[nH]ccc1C(=O)C1(C)C=CC(Cl)=CC1. The molecule has 2 rings (SSSR count). The van der Waals surface area contributed by atoms with Crippen molar-refractivity contribution < 1.29 is 9.59 Å². The molecule has 0 amide bonds. The van der Waals surface area contributed by atoms with Crippen molar-refractivity contribution in [2.75, 3.05) is 0 Å². The Hall–Kier alpha value is -1.61. The number of carbonyl (C=O) groups excluding carboxylic acids is 2. The number of hydrogen-bond acceptors (Lipinski definition) is 2. The van der Waals surface area contributed by atoms with Gasteiger partial charge in [0.2, 0.25) is 0 Å². The second kappa shape index (κ2) is 5.80. The number of nitrogens with one attached hydrogen (secondary N) is 1. The average molecular weight is 292 g/mol. The van der Waals surface area contributed by atoms with Crippen molar-refractivity contribution in [3.8, 4) is 0 Å². The van der Waals surface area contributed by atoms with Gasteiger partial charge in [-0.2, -0.15) is 0 Å². The van der Waals surface area contributed by atoms with E-state index < -0.39 is 5.41 Å². The first kappa shape index (κ1) is 14.8. The number of hydrogen-bond donors (Lipinski definition) is 1. The summed E-state index contributed by atoms with van der Waals surface area (Å²) in [5.41, 5.74) is 0.941. The summed E-state index contributed by atoms with van der Waals surface area (Å²) in [6, 6.07) is 1.79. The van der Waals surface area contributed by atoms with Gasteiger partial charge < -0.3 is 9.78 Å². The first-order valence-corrected chi connectivity index (χ1v) is 7.05. The van der Waals surface area contributed by atoms with Crippen LogP contribution in [-0.4, -0.2) is 16.6 Å². The van der Waals surface area contributed by atoms with E-state index in [0.717, 1.165) is 5.69 Å². The zero-order valence-corrected chi connectivity index (χ0v) is 12.5. The van der Waals surface area contributed by atoms with E-state index in [1.807, 2.05) is 19.1 Å². The molecule has 0 aliphatic heterocycles. The Labute approximate surface area is 123 Å². The fourth-order valence-corrected chi connectivity index (χ4v) is 2.45. The molecule has 0 fully saturated rings. The number of Topliss-reactive ketones (excluding diaryl/α,β-unsaturated/α-hetero) is 2. The molecule has 1 N–H and O–H groups in total. The lowest BCUT2D eigenvalue weighted by molar-refractivity contribution is -0.117. The summed E-state index contributed by atoms with van der Waals surface area (Å²) in [6.45, 7) is 3.47. The fourth-order valence-electron chi connectivity index (χ4n) is 2.31. The number of aromatic amines is 1. The van der Waals surface area contributed by atoms with Crippen LogP contribution in [0.1, 0.15) is 42.7 Å². The summed E-state index contributed by atoms with van der Waals surface area (Å²) in [5.74, 6) is 0.186. The van der Waals surface area contributed by atoms with E-state index in [4.69, 9.17) is 11.6 Å². The predicted molar refractivity (Wildman–Crippen MR) is 79.9 cm³/mol. The summed E-state index contributed by atoms with van der Waals surface area (Å²) in [7, 11) is 0. The fraction of sp³-hybridized carbons (Fsp3) is 0.375. The van der Waals surface area contributed by atoms with Crippen LogP contribution in [-0.2, 0) is 11.2 Å². The van der Waals surface area contributed by atoms with Crippen LogP contribution in [0.4, 0.5) is 0 Å². The largest absolute Gasteiger partial charge is 0.364 e. The van der Waals surface area contributed by atoms with Crippen LogP contribution in [0.15, 0.2) is 35.5 Å². The Morgan fingerprint density at radius 2 is 2.20 bits per heavy atom. The molecular formula is C16H18ClNO2. The minimum atomic E-state index is -0.564. The van der Waals surface area contributed by atoms with Crippen molar-refractivity contribution in [3.63, 3.8) is 0 Å². The van der Waals surface area contributed by atoms with Crippen molar-refractivity contribution in [3.05, 3.63) is 46.8 Å². The maximum absolute atomic E-state index is 12.7. The Balaban J connectivity index is 2.20. The average Bonchev–Trinajstić information content (AvgIpc) is 2.87. The van der Waals surface area contributed by atoms with Gasteiger partial charge in [0.1, 0.15) is 5.78 Å². The number of halogens is 1. The highest BCUT2D eigenvalue weighted by atomic mass is 35.5. The van der Waals surface area contributed by atoms with Crippen molar-refractivity contribution in [2.45, 2.75) is 33.1 Å². The van der Waals surface area contributed by atoms with E-state index in [1.54, 1.807) is 25.3 Å². The zero-order chi connectivity index (χ0) is 14.8. The normalized spacial score (nSPS) is 21.6. The van der Waals surface area contributed by atoms with E-state index in [-0.39, 0.29) is 11.6 Å². The zero-order valence-electron chi connectivity index (χ0n) is 11.7. The second-order valence-corrected chi connectivity index (χ2v) is 5.88. The van der Waals surface area contributed by atoms with Crippen molar-refractivity contribution in [1.29, 1.82) is 0 Å². The molecule has 0 saturated carbocycles. The van der Waals surface area contributed by atoms with Gasteiger partial charge in [0.15, 0.2) is 5.78 Å². The number of ketones is 2. The summed E-state index contributed by atoms with van der Waals surface area (Å²) < 4.78 is 0. The third kappa shape index (κ3) is 3.10. The highest BCUT2D eigenvalue weighted by Crippen LogP contribution is 2.34. The van der Waals surface area contributed by atoms with Crippen LogP contribution < -0.4 is 0 Å². The van der Waals surface area contributed by atoms with Gasteiger partial charge in [-0.15, -0.1) is 0 Å². The molecule has 0 bridgehead atoms. The van der Waals surface area contributed by atoms with Gasteiger partial charge in [-0.3, -0.25) is 4.79 Å². The molecule has 1 unspecified atom stereocenters. The number of H-pyrrole nitrogens is 1. The summed E-state index contributed by atoms with van der Waals surface area (Å²) in [5, 5.41) is 0.668. The van der Waals surface area contributed by atoms with Gasteiger partial charge in [-0.1, -0.05) is 23.8 Å². The Bertz CT molecular complexity index is 597. The van der Waals surface area contributed by atoms with Crippen molar-refractivity contribution in [2.24, 2.45) is 5.41 Å². The molecule has 20 heavy (non-hydrogen) atoms. The monoisotopic (exact) mass is 291 g/mol. The van der Waals surface area contributed by atoms with Gasteiger partial charge in [-0.05, 0) is 38.8 Å². The second-order valence-electron chi connectivity index (χ2n) is 5.44. The maximum atomic E-state index is 12.7. The van der Waals surface area contributed by atoms with Crippen LogP contribution in [0.2, 0.25) is 0 Å². The van der Waals surface area contributed by atoms with Crippen LogP contribution >= 0.6 is 11.6 Å². The Kier molecular flexibility index (Phi) is 4.29. The van der Waals surface area contributed by atoms with Gasteiger partial charge in [0, 0.05) is 28.9 Å². The Morgan fingerprint density at radius 1 is 1.45 bits per heavy atom. The molecule has 0 spiro atoms. The lowest BCUT2D eigenvalue weighted by Crippen LogP contribution is -2.27. The molecule has 1 aromatic rings. The van der Waals surface area contributed by atoms with Gasteiger partial charge in [-0.25, -0.2) is 0 Å². The summed E-state index contributed by atoms with van der Waals surface area (Å²) in [4.78, 5) is 26.9. The van der Waals surface area contributed by atoms with Crippen molar-refractivity contribution >= 4 is 23.2 Å². The number of rotatable bonds is 5. The number of carbonyl (C=O) groups is 2. The molecule has 1 aliphatic rings. The number of aryl methyl sites for hydroxylation is 1. The molecule has 0 radical (unpaired) electrons. The molecule has 3 nitrogen and oxygen atoms in total. The van der Waals surface area contributed by atoms with Gasteiger partial charge >= 0.3 is 0 Å². The predicted octanol–water partition coefficient (Wildman–Crippen LogP) is 3.81. The molecule has 0 saturated heterocycles.